The van der Waals surface area contributed by atoms with Gasteiger partial charge in [-0.15, -0.1) is 0 Å². The molecule has 78 valence electrons. The Bertz CT molecular complexity index is 432. The third-order valence-electron chi connectivity index (χ3n) is 1.77. The Hall–Kier alpha value is -1.93. The van der Waals surface area contributed by atoms with Crippen LogP contribution in [0.2, 0.25) is 0 Å². The van der Waals surface area contributed by atoms with E-state index in [4.69, 9.17) is 5.73 Å². The van der Waals surface area contributed by atoms with Crippen LogP contribution in [0.4, 0.5) is 5.69 Å². The molecule has 0 saturated carbocycles. The molecule has 0 aromatic carbocycles. The van der Waals surface area contributed by atoms with Gasteiger partial charge in [0.25, 0.3) is 5.69 Å². The van der Waals surface area contributed by atoms with Crippen molar-refractivity contribution in [1.29, 1.82) is 0 Å². The van der Waals surface area contributed by atoms with Crippen LogP contribution in [0, 0.1) is 28.9 Å². The molecule has 0 saturated heterocycles. The second kappa shape index (κ2) is 5.08. The molecule has 1 heterocycles. The monoisotopic (exact) mass is 205 g/mol. The molecular formula is C10H11N3O2. The molecule has 5 heteroatoms. The summed E-state index contributed by atoms with van der Waals surface area (Å²) in [5.74, 6) is 5.61. The van der Waals surface area contributed by atoms with Gasteiger partial charge in [-0.2, -0.15) is 0 Å². The zero-order chi connectivity index (χ0) is 11.3. The number of rotatable bonds is 2. The normalized spacial score (nSPS) is 9.20. The zero-order valence-electron chi connectivity index (χ0n) is 8.36. The number of aryl methyl sites for hydroxylation is 1. The van der Waals surface area contributed by atoms with Crippen LogP contribution in [0.25, 0.3) is 0 Å². The highest BCUT2D eigenvalue weighted by Crippen LogP contribution is 2.15. The van der Waals surface area contributed by atoms with E-state index < -0.39 is 4.92 Å². The fourth-order valence-electron chi connectivity index (χ4n) is 1.03. The molecule has 2 N–H and O–H groups in total. The molecule has 0 amide bonds. The molecule has 1 aromatic rings. The Morgan fingerprint density at radius 2 is 2.40 bits per heavy atom. The molecule has 0 unspecified atom stereocenters. The maximum atomic E-state index is 10.5. The lowest BCUT2D eigenvalue weighted by Gasteiger charge is -1.95. The van der Waals surface area contributed by atoms with Gasteiger partial charge < -0.3 is 5.73 Å². The number of pyridine rings is 1. The minimum Gasteiger partial charge on any atom is -0.330 e. The van der Waals surface area contributed by atoms with Gasteiger partial charge in [0.1, 0.15) is 11.9 Å². The van der Waals surface area contributed by atoms with E-state index in [1.54, 1.807) is 13.0 Å². The number of hydrogen-bond donors (Lipinski definition) is 1. The van der Waals surface area contributed by atoms with Crippen molar-refractivity contribution in [3.63, 3.8) is 0 Å². The Balaban J connectivity index is 2.93. The number of nitro groups is 1. The first kappa shape index (κ1) is 11.1. The first-order valence-electron chi connectivity index (χ1n) is 4.45. The highest BCUT2D eigenvalue weighted by Gasteiger charge is 2.10. The van der Waals surface area contributed by atoms with Crippen molar-refractivity contribution >= 4 is 5.69 Å². The lowest BCUT2D eigenvalue weighted by Crippen LogP contribution is -1.96. The van der Waals surface area contributed by atoms with Crippen molar-refractivity contribution in [1.82, 2.24) is 4.98 Å². The second-order valence-electron chi connectivity index (χ2n) is 2.95. The summed E-state index contributed by atoms with van der Waals surface area (Å²) < 4.78 is 0. The van der Waals surface area contributed by atoms with Gasteiger partial charge in [-0.05, 0) is 18.9 Å². The number of nitrogens with zero attached hydrogens (tertiary/aromatic N) is 2. The largest absolute Gasteiger partial charge is 0.330 e. The van der Waals surface area contributed by atoms with Gasteiger partial charge in [-0.25, -0.2) is 4.98 Å². The molecule has 15 heavy (non-hydrogen) atoms. The van der Waals surface area contributed by atoms with Crippen LogP contribution in [0.15, 0.2) is 12.3 Å². The molecular weight excluding hydrogens is 194 g/mol. The van der Waals surface area contributed by atoms with Gasteiger partial charge in [-0.3, -0.25) is 10.1 Å². The van der Waals surface area contributed by atoms with Crippen LogP contribution in [0.1, 0.15) is 17.7 Å². The first-order valence-corrected chi connectivity index (χ1v) is 4.45. The SMILES string of the molecule is Cc1cc(C#CCCN)ncc1[N+](=O)[O-]. The van der Waals surface area contributed by atoms with Crippen LogP contribution in [0.5, 0.6) is 0 Å². The standard InChI is InChI=1S/C10H11N3O2/c1-8-6-9(4-2-3-5-11)12-7-10(8)13(14)15/h6-7H,3,5,11H2,1H3. The summed E-state index contributed by atoms with van der Waals surface area (Å²) in [4.78, 5) is 13.9. The molecule has 1 rings (SSSR count). The van der Waals surface area contributed by atoms with Gasteiger partial charge in [-0.1, -0.05) is 5.92 Å². The zero-order valence-corrected chi connectivity index (χ0v) is 8.36. The summed E-state index contributed by atoms with van der Waals surface area (Å²) in [7, 11) is 0. The van der Waals surface area contributed by atoms with Gasteiger partial charge in [0.15, 0.2) is 0 Å². The van der Waals surface area contributed by atoms with E-state index in [1.807, 2.05) is 0 Å². The molecule has 0 atom stereocenters. The Morgan fingerprint density at radius 1 is 1.67 bits per heavy atom. The van der Waals surface area contributed by atoms with E-state index in [1.165, 1.54) is 6.20 Å². The van der Waals surface area contributed by atoms with Crippen molar-refractivity contribution in [3.8, 4) is 11.8 Å². The van der Waals surface area contributed by atoms with E-state index in [0.717, 1.165) is 0 Å². The highest BCUT2D eigenvalue weighted by molar-refractivity contribution is 5.41. The molecule has 0 bridgehead atoms. The predicted octanol–water partition coefficient (Wildman–Crippen LogP) is 0.999. The summed E-state index contributed by atoms with van der Waals surface area (Å²) in [6, 6.07) is 1.60. The number of nitrogens with two attached hydrogens (primary N) is 1. The van der Waals surface area contributed by atoms with E-state index in [0.29, 0.717) is 24.2 Å². The van der Waals surface area contributed by atoms with Gasteiger partial charge >= 0.3 is 0 Å². The molecule has 5 nitrogen and oxygen atoms in total. The lowest BCUT2D eigenvalue weighted by atomic mass is 10.2. The second-order valence-corrected chi connectivity index (χ2v) is 2.95. The van der Waals surface area contributed by atoms with Crippen molar-refractivity contribution in [2.75, 3.05) is 6.54 Å². The Kier molecular flexibility index (Phi) is 3.77. The fourth-order valence-corrected chi connectivity index (χ4v) is 1.03. The number of hydrogen-bond acceptors (Lipinski definition) is 4. The maximum Gasteiger partial charge on any atom is 0.290 e. The highest BCUT2D eigenvalue weighted by atomic mass is 16.6. The quantitative estimate of drug-likeness (QED) is 0.443. The maximum absolute atomic E-state index is 10.5. The molecule has 0 spiro atoms. The smallest absolute Gasteiger partial charge is 0.290 e. The number of aromatic nitrogens is 1. The van der Waals surface area contributed by atoms with Crippen molar-refractivity contribution in [2.45, 2.75) is 13.3 Å². The van der Waals surface area contributed by atoms with Gasteiger partial charge in [0.2, 0.25) is 0 Å². The van der Waals surface area contributed by atoms with Crippen LogP contribution >= 0.6 is 0 Å². The molecule has 1 aromatic heterocycles. The van der Waals surface area contributed by atoms with Crippen molar-refractivity contribution in [3.05, 3.63) is 33.6 Å². The average Bonchev–Trinajstić information content (AvgIpc) is 2.17. The summed E-state index contributed by atoms with van der Waals surface area (Å²) >= 11 is 0. The molecule has 0 aliphatic heterocycles. The van der Waals surface area contributed by atoms with E-state index in [9.17, 15) is 10.1 Å². The minimum absolute atomic E-state index is 0.0133. The first-order chi connectivity index (χ1) is 7.15. The van der Waals surface area contributed by atoms with Crippen molar-refractivity contribution < 1.29 is 4.92 Å². The van der Waals surface area contributed by atoms with Gasteiger partial charge in [0, 0.05) is 18.5 Å². The minimum atomic E-state index is -0.459. The molecule has 0 fully saturated rings. The molecule has 0 aliphatic rings. The summed E-state index contributed by atoms with van der Waals surface area (Å²) in [6.45, 7) is 2.16. The van der Waals surface area contributed by atoms with Crippen LogP contribution < -0.4 is 5.73 Å². The third kappa shape index (κ3) is 3.04. The average molecular weight is 205 g/mol. The van der Waals surface area contributed by atoms with Crippen molar-refractivity contribution in [2.24, 2.45) is 5.73 Å². The topological polar surface area (TPSA) is 82.0 Å². The lowest BCUT2D eigenvalue weighted by molar-refractivity contribution is -0.385. The fraction of sp³-hybridized carbons (Fsp3) is 0.300. The summed E-state index contributed by atoms with van der Waals surface area (Å²) in [6.07, 6.45) is 1.82. The Morgan fingerprint density at radius 3 is 2.93 bits per heavy atom. The third-order valence-corrected chi connectivity index (χ3v) is 1.77. The van der Waals surface area contributed by atoms with Gasteiger partial charge in [0.05, 0.1) is 4.92 Å². The van der Waals surface area contributed by atoms with Crippen LogP contribution in [-0.2, 0) is 0 Å². The summed E-state index contributed by atoms with van der Waals surface area (Å²) in [5.41, 5.74) is 6.38. The molecule has 0 radical (unpaired) electrons. The predicted molar refractivity (Wildman–Crippen MR) is 56.2 cm³/mol. The van der Waals surface area contributed by atoms with E-state index in [2.05, 4.69) is 16.8 Å². The van der Waals surface area contributed by atoms with Crippen LogP contribution in [0.3, 0.4) is 0 Å². The van der Waals surface area contributed by atoms with Crippen LogP contribution in [-0.4, -0.2) is 16.5 Å². The molecule has 0 aliphatic carbocycles. The van der Waals surface area contributed by atoms with E-state index in [-0.39, 0.29) is 5.69 Å². The van der Waals surface area contributed by atoms with E-state index >= 15 is 0 Å². The summed E-state index contributed by atoms with van der Waals surface area (Å²) in [5, 5.41) is 10.5. The Labute approximate surface area is 87.5 Å².